The van der Waals surface area contributed by atoms with E-state index in [0.717, 1.165) is 26.2 Å². The molecule has 19 heavy (non-hydrogen) atoms. The first-order chi connectivity index (χ1) is 8.50. The van der Waals surface area contributed by atoms with Crippen molar-refractivity contribution in [2.75, 3.05) is 26.2 Å². The molecular weight excluding hydrogens is 236 g/mol. The first kappa shape index (κ1) is 16.9. The molecule has 0 aliphatic carbocycles. The molecule has 3 heteroatoms. The molecule has 1 aliphatic heterocycles. The fraction of sp³-hybridized carbons (Fsp3) is 1.00. The summed E-state index contributed by atoms with van der Waals surface area (Å²) in [6.45, 7) is 22.2. The Morgan fingerprint density at radius 1 is 0.947 bits per heavy atom. The molecule has 0 unspecified atom stereocenters. The van der Waals surface area contributed by atoms with Crippen molar-refractivity contribution in [1.29, 1.82) is 0 Å². The van der Waals surface area contributed by atoms with Crippen LogP contribution in [0.2, 0.25) is 0 Å². The lowest BCUT2D eigenvalue weighted by atomic mass is 9.98. The quantitative estimate of drug-likeness (QED) is 0.784. The predicted octanol–water partition coefficient (Wildman–Crippen LogP) is 2.99. The smallest absolute Gasteiger partial charge is 0.0600 e. The van der Waals surface area contributed by atoms with Crippen molar-refractivity contribution in [3.05, 3.63) is 0 Å². The molecule has 0 spiro atoms. The first-order valence-corrected chi connectivity index (χ1v) is 7.65. The van der Waals surface area contributed by atoms with Crippen LogP contribution in [0, 0.1) is 0 Å². The fourth-order valence-electron chi connectivity index (χ4n) is 2.91. The Hall–Kier alpha value is -0.120. The van der Waals surface area contributed by atoms with Crippen molar-refractivity contribution in [2.45, 2.75) is 78.6 Å². The van der Waals surface area contributed by atoms with Gasteiger partial charge in [-0.15, -0.1) is 0 Å². The summed E-state index contributed by atoms with van der Waals surface area (Å²) in [4.78, 5) is 5.19. The highest BCUT2D eigenvalue weighted by molar-refractivity contribution is 4.90. The minimum atomic E-state index is -0.0257. The lowest BCUT2D eigenvalue weighted by Crippen LogP contribution is -2.61. The van der Waals surface area contributed by atoms with Gasteiger partial charge in [-0.05, 0) is 55.4 Å². The van der Waals surface area contributed by atoms with E-state index >= 15 is 0 Å². The van der Waals surface area contributed by atoms with Crippen LogP contribution in [-0.4, -0.2) is 59.3 Å². The topological polar surface area (TPSA) is 15.7 Å². The van der Waals surface area contributed by atoms with Crippen molar-refractivity contribution in [1.82, 2.24) is 9.80 Å². The molecule has 1 rings (SSSR count). The third kappa shape index (κ3) is 5.41. The maximum atomic E-state index is 5.85. The Kier molecular flexibility index (Phi) is 5.44. The average Bonchev–Trinajstić information content (AvgIpc) is 2.19. The second kappa shape index (κ2) is 6.11. The Morgan fingerprint density at radius 3 is 2.00 bits per heavy atom. The second-order valence-electron chi connectivity index (χ2n) is 7.98. The highest BCUT2D eigenvalue weighted by atomic mass is 16.5. The molecule has 1 fully saturated rings. The summed E-state index contributed by atoms with van der Waals surface area (Å²) in [5.41, 5.74) is 0.240. The van der Waals surface area contributed by atoms with E-state index in [1.165, 1.54) is 0 Å². The van der Waals surface area contributed by atoms with E-state index in [9.17, 15) is 0 Å². The van der Waals surface area contributed by atoms with Crippen molar-refractivity contribution in [2.24, 2.45) is 0 Å². The molecule has 3 nitrogen and oxygen atoms in total. The predicted molar refractivity (Wildman–Crippen MR) is 82.7 cm³/mol. The van der Waals surface area contributed by atoms with Gasteiger partial charge in [-0.25, -0.2) is 0 Å². The summed E-state index contributed by atoms with van der Waals surface area (Å²) >= 11 is 0. The van der Waals surface area contributed by atoms with Crippen LogP contribution in [0.15, 0.2) is 0 Å². The summed E-state index contributed by atoms with van der Waals surface area (Å²) in [5.74, 6) is 0. The lowest BCUT2D eigenvalue weighted by molar-refractivity contribution is -0.0466. The van der Waals surface area contributed by atoms with Crippen LogP contribution in [0.4, 0.5) is 0 Å². The van der Waals surface area contributed by atoms with Crippen molar-refractivity contribution < 1.29 is 4.74 Å². The molecule has 0 amide bonds. The van der Waals surface area contributed by atoms with Crippen molar-refractivity contribution in [3.8, 4) is 0 Å². The minimum Gasteiger partial charge on any atom is -0.375 e. The van der Waals surface area contributed by atoms with E-state index in [0.29, 0.717) is 12.1 Å². The molecule has 0 aromatic rings. The third-order valence-electron chi connectivity index (χ3n) is 3.89. The summed E-state index contributed by atoms with van der Waals surface area (Å²) in [5, 5.41) is 0. The number of hydrogen-bond donors (Lipinski definition) is 0. The normalized spacial score (nSPS) is 27.8. The van der Waals surface area contributed by atoms with E-state index in [2.05, 4.69) is 65.2 Å². The van der Waals surface area contributed by atoms with E-state index < -0.39 is 0 Å². The number of ether oxygens (including phenoxy) is 1. The van der Waals surface area contributed by atoms with Gasteiger partial charge in [0.25, 0.3) is 0 Å². The molecule has 0 N–H and O–H groups in total. The Bertz CT molecular complexity index is 277. The van der Waals surface area contributed by atoms with Gasteiger partial charge in [0.1, 0.15) is 0 Å². The van der Waals surface area contributed by atoms with Gasteiger partial charge in [0.15, 0.2) is 0 Å². The maximum Gasteiger partial charge on any atom is 0.0600 e. The molecule has 1 heterocycles. The Balaban J connectivity index is 2.48. The summed E-state index contributed by atoms with van der Waals surface area (Å²) in [6.07, 6.45) is 0. The van der Waals surface area contributed by atoms with Gasteiger partial charge in [-0.2, -0.15) is 0 Å². The molecule has 0 aromatic heterocycles. The standard InChI is InChI=1S/C16H34N2O/c1-13-12-18(15(3,4)5)14(2)11-17(13)9-10-19-16(6,7)8/h13-14H,9-12H2,1-8H3/t13-,14+/m1/s1. The SMILES string of the molecule is C[C@@H]1CN(C(C)(C)C)[C@@H](C)CN1CCOC(C)(C)C. The zero-order valence-electron chi connectivity index (χ0n) is 14.3. The van der Waals surface area contributed by atoms with Crippen LogP contribution < -0.4 is 0 Å². The second-order valence-corrected chi connectivity index (χ2v) is 7.98. The Morgan fingerprint density at radius 2 is 1.53 bits per heavy atom. The third-order valence-corrected chi connectivity index (χ3v) is 3.89. The molecule has 2 atom stereocenters. The van der Waals surface area contributed by atoms with E-state index in [4.69, 9.17) is 4.74 Å². The highest BCUT2D eigenvalue weighted by Gasteiger charge is 2.34. The van der Waals surface area contributed by atoms with Gasteiger partial charge in [0, 0.05) is 37.3 Å². The molecule has 1 aliphatic rings. The van der Waals surface area contributed by atoms with E-state index in [1.54, 1.807) is 0 Å². The zero-order chi connectivity index (χ0) is 14.8. The van der Waals surface area contributed by atoms with Gasteiger partial charge in [0.2, 0.25) is 0 Å². The summed E-state index contributed by atoms with van der Waals surface area (Å²) < 4.78 is 5.85. The largest absolute Gasteiger partial charge is 0.375 e. The van der Waals surface area contributed by atoms with Crippen LogP contribution in [0.3, 0.4) is 0 Å². The van der Waals surface area contributed by atoms with Crippen molar-refractivity contribution >= 4 is 0 Å². The zero-order valence-corrected chi connectivity index (χ0v) is 14.3. The van der Waals surface area contributed by atoms with Gasteiger partial charge in [0.05, 0.1) is 12.2 Å². The number of nitrogens with zero attached hydrogens (tertiary/aromatic N) is 2. The average molecular weight is 270 g/mol. The van der Waals surface area contributed by atoms with Gasteiger partial charge in [-0.3, -0.25) is 9.80 Å². The van der Waals surface area contributed by atoms with E-state index in [1.807, 2.05) is 0 Å². The number of rotatable bonds is 3. The van der Waals surface area contributed by atoms with Crippen LogP contribution in [0.1, 0.15) is 55.4 Å². The summed E-state index contributed by atoms with van der Waals surface area (Å²) in [7, 11) is 0. The van der Waals surface area contributed by atoms with Crippen LogP contribution in [0.5, 0.6) is 0 Å². The summed E-state index contributed by atoms with van der Waals surface area (Å²) in [6, 6.07) is 1.23. The van der Waals surface area contributed by atoms with Crippen LogP contribution in [-0.2, 0) is 4.74 Å². The molecule has 114 valence electrons. The highest BCUT2D eigenvalue weighted by Crippen LogP contribution is 2.23. The van der Waals surface area contributed by atoms with Gasteiger partial charge in [-0.1, -0.05) is 0 Å². The van der Waals surface area contributed by atoms with Gasteiger partial charge < -0.3 is 4.74 Å². The molecule has 0 saturated carbocycles. The number of hydrogen-bond acceptors (Lipinski definition) is 3. The molecule has 0 aromatic carbocycles. The van der Waals surface area contributed by atoms with Gasteiger partial charge >= 0.3 is 0 Å². The lowest BCUT2D eigenvalue weighted by Gasteiger charge is -2.50. The monoisotopic (exact) mass is 270 g/mol. The molecule has 0 bridgehead atoms. The molecule has 1 saturated heterocycles. The molecule has 0 radical (unpaired) electrons. The van der Waals surface area contributed by atoms with E-state index in [-0.39, 0.29) is 11.1 Å². The van der Waals surface area contributed by atoms with Crippen LogP contribution in [0.25, 0.3) is 0 Å². The first-order valence-electron chi connectivity index (χ1n) is 7.65. The fourth-order valence-corrected chi connectivity index (χ4v) is 2.91. The number of piperazine rings is 1. The van der Waals surface area contributed by atoms with Crippen LogP contribution >= 0.6 is 0 Å². The molecular formula is C16H34N2O. The van der Waals surface area contributed by atoms with Crippen molar-refractivity contribution in [3.63, 3.8) is 0 Å². The Labute approximate surface area is 120 Å². The minimum absolute atomic E-state index is 0.0257. The maximum absolute atomic E-state index is 5.85.